The summed E-state index contributed by atoms with van der Waals surface area (Å²) < 4.78 is 48.8. The molecule has 1 aliphatic carbocycles. The number of nitrogens with zero attached hydrogens (tertiary/aromatic N) is 2. The largest absolute Gasteiger partial charge is 0.478 e. The molecule has 2 saturated heterocycles. The highest BCUT2D eigenvalue weighted by molar-refractivity contribution is 5.81. The second-order valence-corrected chi connectivity index (χ2v) is 9.82. The van der Waals surface area contributed by atoms with Crippen LogP contribution in [-0.4, -0.2) is 70.0 Å². The highest BCUT2D eigenvalue weighted by Crippen LogP contribution is 2.44. The highest BCUT2D eigenvalue weighted by atomic mass is 19.4. The fourth-order valence-electron chi connectivity index (χ4n) is 4.98. The SMILES string of the molecule is Cc1ccc(CN2CCCC23CCN(C(=O)OC(C)C(F)(F)F)CC3)c(OC2(C(=O)O)CC2)c1. The standard InChI is InChI=1S/C24H31F3N2O5/c1-16-4-5-18(19(14-16)34-23(7-8-23)20(30)31)15-29-11-3-6-22(29)9-12-28(13-10-22)21(32)33-17(2)24(25,26)27/h4-5,14,17H,3,6-13,15H2,1-2H3,(H,30,31). The van der Waals surface area contributed by atoms with Gasteiger partial charge in [0.05, 0.1) is 0 Å². The number of piperidine rings is 1. The fourth-order valence-corrected chi connectivity index (χ4v) is 4.98. The number of aliphatic carboxylic acids is 1. The van der Waals surface area contributed by atoms with Crippen molar-refractivity contribution in [3.63, 3.8) is 0 Å². The van der Waals surface area contributed by atoms with Gasteiger partial charge in [0.2, 0.25) is 5.60 Å². The minimum Gasteiger partial charge on any atom is -0.478 e. The van der Waals surface area contributed by atoms with Gasteiger partial charge < -0.3 is 19.5 Å². The molecule has 1 N–H and O–H groups in total. The number of halogens is 3. The van der Waals surface area contributed by atoms with Gasteiger partial charge in [-0.05, 0) is 57.7 Å². The number of benzene rings is 1. The van der Waals surface area contributed by atoms with Gasteiger partial charge >= 0.3 is 18.2 Å². The molecule has 34 heavy (non-hydrogen) atoms. The van der Waals surface area contributed by atoms with Crippen molar-refractivity contribution in [2.24, 2.45) is 0 Å². The number of hydrogen-bond donors (Lipinski definition) is 1. The van der Waals surface area contributed by atoms with E-state index in [0.29, 0.717) is 51.1 Å². The molecule has 10 heteroatoms. The smallest absolute Gasteiger partial charge is 0.425 e. The van der Waals surface area contributed by atoms with Crippen molar-refractivity contribution < 1.29 is 37.3 Å². The third-order valence-electron chi connectivity index (χ3n) is 7.41. The summed E-state index contributed by atoms with van der Waals surface area (Å²) >= 11 is 0. The molecule has 0 bridgehead atoms. The Bertz CT molecular complexity index is 939. The Balaban J connectivity index is 1.42. The Morgan fingerprint density at radius 2 is 1.79 bits per heavy atom. The second-order valence-electron chi connectivity index (χ2n) is 9.82. The number of carbonyl (C=O) groups is 2. The Morgan fingerprint density at radius 1 is 1.12 bits per heavy atom. The Hall–Kier alpha value is -2.49. The molecule has 1 unspecified atom stereocenters. The number of carbonyl (C=O) groups excluding carboxylic acids is 1. The molecule has 4 rings (SSSR count). The van der Waals surface area contributed by atoms with Gasteiger partial charge in [-0.15, -0.1) is 0 Å². The number of ether oxygens (including phenoxy) is 2. The topological polar surface area (TPSA) is 79.3 Å². The zero-order chi connectivity index (χ0) is 24.7. The zero-order valence-electron chi connectivity index (χ0n) is 19.5. The number of amides is 1. The summed E-state index contributed by atoms with van der Waals surface area (Å²) in [7, 11) is 0. The van der Waals surface area contributed by atoms with Crippen molar-refractivity contribution in [3.05, 3.63) is 29.3 Å². The number of alkyl halides is 3. The zero-order valence-corrected chi connectivity index (χ0v) is 19.5. The third kappa shape index (κ3) is 4.96. The molecular formula is C24H31F3N2O5. The van der Waals surface area contributed by atoms with E-state index < -0.39 is 29.9 Å². The average Bonchev–Trinajstić information content (AvgIpc) is 3.46. The molecule has 2 aliphatic heterocycles. The van der Waals surface area contributed by atoms with Crippen LogP contribution in [-0.2, 0) is 16.1 Å². The quantitative estimate of drug-likeness (QED) is 0.640. The Kier molecular flexibility index (Phi) is 6.48. The van der Waals surface area contributed by atoms with E-state index in [1.54, 1.807) is 0 Å². The predicted molar refractivity (Wildman–Crippen MR) is 117 cm³/mol. The molecule has 1 amide bonds. The summed E-state index contributed by atoms with van der Waals surface area (Å²) in [6.07, 6.45) is -3.46. The van der Waals surface area contributed by atoms with Crippen LogP contribution >= 0.6 is 0 Å². The van der Waals surface area contributed by atoms with E-state index in [9.17, 15) is 27.9 Å². The van der Waals surface area contributed by atoms with Crippen molar-refractivity contribution in [3.8, 4) is 5.75 Å². The number of rotatable bonds is 6. The molecule has 2 heterocycles. The number of hydrogen-bond acceptors (Lipinski definition) is 5. The van der Waals surface area contributed by atoms with Crippen LogP contribution in [0.2, 0.25) is 0 Å². The maximum absolute atomic E-state index is 12.7. The molecule has 3 aliphatic rings. The van der Waals surface area contributed by atoms with Crippen LogP contribution in [0.25, 0.3) is 0 Å². The van der Waals surface area contributed by atoms with Crippen LogP contribution in [0.5, 0.6) is 5.75 Å². The van der Waals surface area contributed by atoms with E-state index in [2.05, 4.69) is 9.64 Å². The lowest BCUT2D eigenvalue weighted by atomic mass is 9.85. The molecule has 1 atom stereocenters. The third-order valence-corrected chi connectivity index (χ3v) is 7.41. The normalized spacial score (nSPS) is 22.4. The molecule has 1 saturated carbocycles. The molecule has 0 radical (unpaired) electrons. The first kappa shape index (κ1) is 24.6. The van der Waals surface area contributed by atoms with Crippen LogP contribution in [0.15, 0.2) is 18.2 Å². The van der Waals surface area contributed by atoms with E-state index >= 15 is 0 Å². The summed E-state index contributed by atoms with van der Waals surface area (Å²) in [5.74, 6) is -0.360. The van der Waals surface area contributed by atoms with Crippen LogP contribution in [0, 0.1) is 6.92 Å². The fraction of sp³-hybridized carbons (Fsp3) is 0.667. The van der Waals surface area contributed by atoms with Gasteiger partial charge in [-0.1, -0.05) is 12.1 Å². The summed E-state index contributed by atoms with van der Waals surface area (Å²) in [5, 5.41) is 9.54. The highest BCUT2D eigenvalue weighted by Gasteiger charge is 2.54. The maximum Gasteiger partial charge on any atom is 0.425 e. The molecule has 1 aromatic rings. The number of carboxylic acid groups (broad SMARTS) is 1. The molecule has 0 aromatic heterocycles. The van der Waals surface area contributed by atoms with Crippen molar-refractivity contribution in [2.45, 2.75) is 82.3 Å². The van der Waals surface area contributed by atoms with Crippen LogP contribution in [0.1, 0.15) is 56.6 Å². The lowest BCUT2D eigenvalue weighted by molar-refractivity contribution is -0.200. The monoisotopic (exact) mass is 484 g/mol. The lowest BCUT2D eigenvalue weighted by Crippen LogP contribution is -2.53. The van der Waals surface area contributed by atoms with Gasteiger partial charge in [0.1, 0.15) is 5.75 Å². The predicted octanol–water partition coefficient (Wildman–Crippen LogP) is 4.51. The average molecular weight is 485 g/mol. The first-order chi connectivity index (χ1) is 15.9. The second kappa shape index (κ2) is 8.94. The van der Waals surface area contributed by atoms with Gasteiger partial charge in [-0.2, -0.15) is 13.2 Å². The molecule has 3 fully saturated rings. The van der Waals surface area contributed by atoms with Gasteiger partial charge in [0.25, 0.3) is 0 Å². The first-order valence-electron chi connectivity index (χ1n) is 11.7. The molecule has 188 valence electrons. The molecular weight excluding hydrogens is 453 g/mol. The van der Waals surface area contributed by atoms with Gasteiger partial charge in [-0.25, -0.2) is 9.59 Å². The van der Waals surface area contributed by atoms with Crippen LogP contribution in [0.4, 0.5) is 18.0 Å². The summed E-state index contributed by atoms with van der Waals surface area (Å²) in [4.78, 5) is 27.6. The van der Waals surface area contributed by atoms with E-state index in [1.165, 1.54) is 4.90 Å². The van der Waals surface area contributed by atoms with Gasteiger partial charge in [-0.3, -0.25) is 4.90 Å². The summed E-state index contributed by atoms with van der Waals surface area (Å²) in [6.45, 7) is 4.87. The van der Waals surface area contributed by atoms with Crippen molar-refractivity contribution in [1.29, 1.82) is 0 Å². The summed E-state index contributed by atoms with van der Waals surface area (Å²) in [6, 6.07) is 5.83. The maximum atomic E-state index is 12.7. The van der Waals surface area contributed by atoms with Gasteiger partial charge in [0.15, 0.2) is 6.10 Å². The number of carboxylic acids is 1. The van der Waals surface area contributed by atoms with Crippen LogP contribution in [0.3, 0.4) is 0 Å². The minimum absolute atomic E-state index is 0.154. The minimum atomic E-state index is -4.58. The molecule has 1 spiro atoms. The Morgan fingerprint density at radius 3 is 2.38 bits per heavy atom. The van der Waals surface area contributed by atoms with Gasteiger partial charge in [0, 0.05) is 43.6 Å². The first-order valence-corrected chi connectivity index (χ1v) is 11.7. The number of likely N-dealkylation sites (tertiary alicyclic amines) is 2. The van der Waals surface area contributed by atoms with E-state index in [-0.39, 0.29) is 5.54 Å². The van der Waals surface area contributed by atoms with Crippen LogP contribution < -0.4 is 4.74 Å². The number of aryl methyl sites for hydroxylation is 1. The molecule has 7 nitrogen and oxygen atoms in total. The Labute approximate surface area is 196 Å². The summed E-state index contributed by atoms with van der Waals surface area (Å²) in [5.41, 5.74) is 0.611. The van der Waals surface area contributed by atoms with E-state index in [0.717, 1.165) is 37.4 Å². The van der Waals surface area contributed by atoms with Crippen molar-refractivity contribution >= 4 is 12.1 Å². The lowest BCUT2D eigenvalue weighted by Gasteiger charge is -2.45. The van der Waals surface area contributed by atoms with E-state index in [1.807, 2.05) is 25.1 Å². The van der Waals surface area contributed by atoms with Crippen molar-refractivity contribution in [2.75, 3.05) is 19.6 Å². The van der Waals surface area contributed by atoms with Crippen molar-refractivity contribution in [1.82, 2.24) is 9.80 Å². The van der Waals surface area contributed by atoms with E-state index in [4.69, 9.17) is 4.74 Å². The molecule has 1 aromatic carbocycles.